The van der Waals surface area contributed by atoms with Crippen LogP contribution in [0.3, 0.4) is 0 Å². The molecule has 0 amide bonds. The normalized spacial score (nSPS) is 19.2. The number of aldehydes is 1. The number of carbonyl (C=O) groups is 1. The molecule has 0 rings (SSSR count). The van der Waals surface area contributed by atoms with E-state index in [-0.39, 0.29) is 6.42 Å². The van der Waals surface area contributed by atoms with E-state index in [0.717, 1.165) is 32.0 Å². The third-order valence-electron chi connectivity index (χ3n) is 1.64. The van der Waals surface area contributed by atoms with Crippen molar-refractivity contribution in [3.05, 3.63) is 12.2 Å². The second-order valence-corrected chi connectivity index (χ2v) is 2.69. The maximum Gasteiger partial charge on any atom is 0.142 e. The lowest BCUT2D eigenvalue weighted by Crippen LogP contribution is -1.77. The summed E-state index contributed by atoms with van der Waals surface area (Å²) in [5.74, 6) is 0. The Morgan fingerprint density at radius 1 is 1.25 bits per heavy atom. The van der Waals surface area contributed by atoms with Gasteiger partial charge in [0, 0.05) is 6.85 Å². The van der Waals surface area contributed by atoms with E-state index >= 15 is 0 Å². The summed E-state index contributed by atoms with van der Waals surface area (Å²) in [6.07, 6.45) is 6.13. The predicted octanol–water partition coefficient (Wildman–Crippen LogP) is 3.49. The average molecular weight is 173 g/mol. The highest BCUT2D eigenvalue weighted by Gasteiger charge is 1.87. The van der Waals surface area contributed by atoms with Crippen molar-refractivity contribution in [3.63, 3.8) is 0 Å². The van der Waals surface area contributed by atoms with Gasteiger partial charge in [0.2, 0.25) is 0 Å². The van der Waals surface area contributed by atoms with E-state index in [9.17, 15) is 4.79 Å². The van der Waals surface area contributed by atoms with Gasteiger partial charge in [0.1, 0.15) is 6.29 Å². The number of unbranched alkanes of at least 4 members (excludes halogenated alkanes) is 4. The van der Waals surface area contributed by atoms with Crippen LogP contribution in [0.5, 0.6) is 0 Å². The molecule has 0 heterocycles. The molecule has 0 N–H and O–H groups in total. The fourth-order valence-electron chi connectivity index (χ4n) is 0.981. The third kappa shape index (κ3) is 9.41. The molecular formula is C11H20O. The van der Waals surface area contributed by atoms with Crippen LogP contribution in [0.15, 0.2) is 12.2 Å². The van der Waals surface area contributed by atoms with Gasteiger partial charge in [-0.1, -0.05) is 45.0 Å². The molecule has 1 nitrogen and oxygen atoms in total. The first kappa shape index (κ1) is 5.21. The first-order valence-corrected chi connectivity index (χ1v) is 4.41. The van der Waals surface area contributed by atoms with Crippen molar-refractivity contribution in [3.8, 4) is 0 Å². The van der Waals surface area contributed by atoms with Gasteiger partial charge in [0.25, 0.3) is 0 Å². The van der Waals surface area contributed by atoms with Crippen molar-refractivity contribution in [1.82, 2.24) is 0 Å². The maximum absolute atomic E-state index is 9.96. The van der Waals surface area contributed by atoms with Crippen molar-refractivity contribution in [2.45, 2.75) is 51.7 Å². The van der Waals surface area contributed by atoms with Crippen molar-refractivity contribution >= 4 is 6.29 Å². The Morgan fingerprint density at radius 2 is 2.00 bits per heavy atom. The van der Waals surface area contributed by atoms with Crippen LogP contribution in [0.25, 0.3) is 0 Å². The third-order valence-corrected chi connectivity index (χ3v) is 1.64. The zero-order valence-electron chi connectivity index (χ0n) is 12.4. The summed E-state index contributed by atoms with van der Waals surface area (Å²) < 4.78 is 35.9. The minimum absolute atomic E-state index is 0.0771. The van der Waals surface area contributed by atoms with Crippen molar-refractivity contribution < 1.29 is 11.6 Å². The van der Waals surface area contributed by atoms with Gasteiger partial charge in [-0.05, 0) is 18.9 Å². The first-order valence-electron chi connectivity index (χ1n) is 6.91. The highest BCUT2D eigenvalue weighted by molar-refractivity contribution is 5.64. The van der Waals surface area contributed by atoms with Gasteiger partial charge in [-0.3, -0.25) is 4.79 Å². The monoisotopic (exact) mass is 173 g/mol. The van der Waals surface area contributed by atoms with Crippen LogP contribution < -0.4 is 0 Å². The molecule has 0 bridgehead atoms. The lowest BCUT2D eigenvalue weighted by molar-refractivity contribution is -0.104. The summed E-state index contributed by atoms with van der Waals surface area (Å²) in [4.78, 5) is 9.96. The molecule has 0 spiro atoms. The maximum atomic E-state index is 9.96. The summed E-state index contributed by atoms with van der Waals surface area (Å²) in [5, 5.41) is 0. The molecule has 70 valence electrons. The van der Waals surface area contributed by atoms with Crippen LogP contribution in [0.4, 0.5) is 0 Å². The lowest BCUT2D eigenvalue weighted by Gasteiger charge is -1.96. The standard InChI is InChI=1S/C11H20O/c1-2-3-4-5-6-7-8-9-10-11-12/h9-11H,2-8H2,1H3/b10-9+/i1D3,2D2. The Labute approximate surface area is 82.9 Å². The number of hydrogen-bond acceptors (Lipinski definition) is 1. The van der Waals surface area contributed by atoms with Gasteiger partial charge in [0.15, 0.2) is 0 Å². The molecule has 0 saturated carbocycles. The molecular weight excluding hydrogens is 148 g/mol. The molecule has 1 heteroatoms. The van der Waals surface area contributed by atoms with Crippen LogP contribution >= 0.6 is 0 Å². The summed E-state index contributed by atoms with van der Waals surface area (Å²) in [6, 6.07) is 0. The molecule has 0 aliphatic carbocycles. The lowest BCUT2D eigenvalue weighted by atomic mass is 10.1. The van der Waals surface area contributed by atoms with Gasteiger partial charge in [0.05, 0.1) is 0 Å². The van der Waals surface area contributed by atoms with E-state index in [2.05, 4.69) is 0 Å². The van der Waals surface area contributed by atoms with E-state index in [4.69, 9.17) is 6.85 Å². The Hall–Kier alpha value is -0.590. The SMILES string of the molecule is [2H]C([2H])([2H])C([2H])([2H])CCCCCC/C=C/C=O. The highest BCUT2D eigenvalue weighted by atomic mass is 16.1. The average Bonchev–Trinajstić information content (AvgIpc) is 2.20. The second-order valence-electron chi connectivity index (χ2n) is 2.69. The fourth-order valence-corrected chi connectivity index (χ4v) is 0.981. The summed E-state index contributed by atoms with van der Waals surface area (Å²) >= 11 is 0. The first-order chi connectivity index (χ1) is 7.81. The van der Waals surface area contributed by atoms with E-state index in [0.29, 0.717) is 6.42 Å². The highest BCUT2D eigenvalue weighted by Crippen LogP contribution is 2.06. The zero-order valence-corrected chi connectivity index (χ0v) is 7.38. The van der Waals surface area contributed by atoms with Gasteiger partial charge in [-0.15, -0.1) is 0 Å². The largest absolute Gasteiger partial charge is 0.299 e. The topological polar surface area (TPSA) is 17.1 Å². The van der Waals surface area contributed by atoms with Gasteiger partial charge >= 0.3 is 0 Å². The van der Waals surface area contributed by atoms with Crippen molar-refractivity contribution in [1.29, 1.82) is 0 Å². The summed E-state index contributed by atoms with van der Waals surface area (Å²) in [6.45, 7) is -2.53. The Balaban J connectivity index is 3.58. The van der Waals surface area contributed by atoms with Crippen LogP contribution in [-0.4, -0.2) is 6.29 Å². The van der Waals surface area contributed by atoms with Gasteiger partial charge in [-0.25, -0.2) is 0 Å². The van der Waals surface area contributed by atoms with Crippen molar-refractivity contribution in [2.75, 3.05) is 0 Å². The van der Waals surface area contributed by atoms with E-state index in [1.54, 1.807) is 6.08 Å². The molecule has 0 atom stereocenters. The molecule has 0 unspecified atom stereocenters. The fraction of sp³-hybridized carbons (Fsp3) is 0.727. The van der Waals surface area contributed by atoms with Crippen LogP contribution in [0.1, 0.15) is 58.6 Å². The molecule has 0 aliphatic heterocycles. The minimum atomic E-state index is -2.53. The quantitative estimate of drug-likeness (QED) is 0.312. The van der Waals surface area contributed by atoms with Crippen LogP contribution in [-0.2, 0) is 4.79 Å². The smallest absolute Gasteiger partial charge is 0.142 e. The Kier molecular flexibility index (Phi) is 4.52. The number of rotatable bonds is 8. The number of hydrogen-bond donors (Lipinski definition) is 0. The molecule has 0 aromatic carbocycles. The summed E-state index contributed by atoms with van der Waals surface area (Å²) in [5.41, 5.74) is 0. The number of allylic oxidation sites excluding steroid dienone is 2. The van der Waals surface area contributed by atoms with Gasteiger partial charge < -0.3 is 0 Å². The predicted molar refractivity (Wildman–Crippen MR) is 53.2 cm³/mol. The van der Waals surface area contributed by atoms with E-state index in [1.165, 1.54) is 6.08 Å². The molecule has 0 aliphatic rings. The molecule has 0 saturated heterocycles. The minimum Gasteiger partial charge on any atom is -0.299 e. The molecule has 12 heavy (non-hydrogen) atoms. The van der Waals surface area contributed by atoms with E-state index in [1.807, 2.05) is 0 Å². The van der Waals surface area contributed by atoms with E-state index < -0.39 is 13.2 Å². The number of carbonyl (C=O) groups excluding carboxylic acids is 1. The molecule has 0 aromatic heterocycles. The molecule has 0 radical (unpaired) electrons. The Bertz CT molecular complexity index is 245. The van der Waals surface area contributed by atoms with Gasteiger partial charge in [-0.2, -0.15) is 0 Å². The van der Waals surface area contributed by atoms with Crippen molar-refractivity contribution in [2.24, 2.45) is 0 Å². The zero-order chi connectivity index (χ0) is 13.4. The summed E-state index contributed by atoms with van der Waals surface area (Å²) in [7, 11) is 0. The van der Waals surface area contributed by atoms with Crippen LogP contribution in [0.2, 0.25) is 0 Å². The molecule has 0 fully saturated rings. The van der Waals surface area contributed by atoms with Crippen LogP contribution in [0, 0.1) is 0 Å². The molecule has 0 aromatic rings. The Morgan fingerprint density at radius 3 is 2.75 bits per heavy atom. The second kappa shape index (κ2) is 10.4.